The van der Waals surface area contributed by atoms with Crippen LogP contribution in [0.25, 0.3) is 0 Å². The van der Waals surface area contributed by atoms with Crippen LogP contribution in [0.15, 0.2) is 35.7 Å². The van der Waals surface area contributed by atoms with Crippen molar-refractivity contribution in [1.82, 2.24) is 5.32 Å². The maximum atomic E-state index is 12.3. The number of alkyl halides is 2. The van der Waals surface area contributed by atoms with Crippen LogP contribution in [0.2, 0.25) is 0 Å². The van der Waals surface area contributed by atoms with E-state index in [1.165, 1.54) is 17.3 Å². The highest BCUT2D eigenvalue weighted by Gasteiger charge is 2.25. The zero-order valence-electron chi connectivity index (χ0n) is 13.2. The van der Waals surface area contributed by atoms with Crippen LogP contribution in [0.4, 0.5) is 14.5 Å². The van der Waals surface area contributed by atoms with Gasteiger partial charge in [0.25, 0.3) is 5.91 Å². The van der Waals surface area contributed by atoms with Crippen molar-refractivity contribution in [2.45, 2.75) is 26.0 Å². The molecule has 1 amide bonds. The van der Waals surface area contributed by atoms with Crippen molar-refractivity contribution in [1.29, 1.82) is 0 Å². The van der Waals surface area contributed by atoms with E-state index in [0.717, 1.165) is 17.8 Å². The summed E-state index contributed by atoms with van der Waals surface area (Å²) < 4.78 is 29.0. The normalized spacial score (nSPS) is 16.3. The van der Waals surface area contributed by atoms with Crippen LogP contribution in [-0.2, 0) is 6.42 Å². The molecule has 2 aromatic rings. The van der Waals surface area contributed by atoms with E-state index in [4.69, 9.17) is 0 Å². The van der Waals surface area contributed by atoms with Gasteiger partial charge in [-0.25, -0.2) is 0 Å². The molecule has 2 heterocycles. The summed E-state index contributed by atoms with van der Waals surface area (Å²) in [6.07, 6.45) is 0.988. The van der Waals surface area contributed by atoms with Crippen molar-refractivity contribution in [3.63, 3.8) is 0 Å². The molecule has 1 aliphatic heterocycles. The lowest BCUT2D eigenvalue weighted by molar-refractivity contribution is -0.0498. The topological polar surface area (TPSA) is 41.6 Å². The van der Waals surface area contributed by atoms with Crippen LogP contribution < -0.4 is 15.0 Å². The van der Waals surface area contributed by atoms with Gasteiger partial charge >= 0.3 is 6.61 Å². The first-order chi connectivity index (χ1) is 11.6. The zero-order chi connectivity index (χ0) is 17.1. The van der Waals surface area contributed by atoms with E-state index in [0.29, 0.717) is 19.1 Å². The smallest absolute Gasteiger partial charge is 0.387 e. The third kappa shape index (κ3) is 3.51. The highest BCUT2D eigenvalue weighted by molar-refractivity contribution is 7.12. The number of hydrogen-bond donors (Lipinski definition) is 1. The van der Waals surface area contributed by atoms with E-state index >= 15 is 0 Å². The Morgan fingerprint density at radius 2 is 2.21 bits per heavy atom. The molecule has 3 rings (SSSR count). The fourth-order valence-electron chi connectivity index (χ4n) is 2.99. The van der Waals surface area contributed by atoms with Crippen LogP contribution in [-0.4, -0.2) is 31.7 Å². The molecule has 1 atom stereocenters. The van der Waals surface area contributed by atoms with Gasteiger partial charge in [-0.1, -0.05) is 18.2 Å². The molecule has 24 heavy (non-hydrogen) atoms. The maximum absolute atomic E-state index is 12.3. The van der Waals surface area contributed by atoms with Gasteiger partial charge in [-0.2, -0.15) is 8.78 Å². The van der Waals surface area contributed by atoms with Gasteiger partial charge in [-0.05, 0) is 36.4 Å². The quantitative estimate of drug-likeness (QED) is 0.865. The minimum absolute atomic E-state index is 0.0765. The number of nitrogens with one attached hydrogen (secondary N) is 1. The average Bonchev–Trinajstić information content (AvgIpc) is 3.11. The second kappa shape index (κ2) is 7.17. The molecule has 1 N–H and O–H groups in total. The van der Waals surface area contributed by atoms with Crippen LogP contribution in [0.5, 0.6) is 5.75 Å². The largest absolute Gasteiger partial charge is 0.433 e. The summed E-state index contributed by atoms with van der Waals surface area (Å²) in [5, 5.41) is 4.34. The number of carbonyl (C=O) groups is 1. The zero-order valence-corrected chi connectivity index (χ0v) is 14.0. The predicted molar refractivity (Wildman–Crippen MR) is 90.2 cm³/mol. The molecule has 0 spiro atoms. The van der Waals surface area contributed by atoms with Crippen LogP contribution in [0, 0.1) is 0 Å². The van der Waals surface area contributed by atoms with Gasteiger partial charge < -0.3 is 15.0 Å². The maximum Gasteiger partial charge on any atom is 0.387 e. The van der Waals surface area contributed by atoms with E-state index in [9.17, 15) is 13.6 Å². The molecular weight excluding hydrogens is 334 g/mol. The lowest BCUT2D eigenvalue weighted by Gasteiger charge is -2.25. The molecule has 0 saturated heterocycles. The number of hydrogen-bond acceptors (Lipinski definition) is 4. The first-order valence-corrected chi connectivity index (χ1v) is 8.59. The average molecular weight is 352 g/mol. The van der Waals surface area contributed by atoms with E-state index in [1.807, 2.05) is 12.1 Å². The number of anilines is 1. The number of rotatable bonds is 6. The molecule has 1 aromatic heterocycles. The number of benzene rings is 1. The molecule has 1 aliphatic rings. The summed E-state index contributed by atoms with van der Waals surface area (Å²) in [7, 11) is 0. The van der Waals surface area contributed by atoms with Gasteiger partial charge in [0.05, 0.1) is 0 Å². The number of thiophene rings is 1. The Morgan fingerprint density at radius 1 is 1.42 bits per heavy atom. The molecule has 7 heteroatoms. The third-order valence-corrected chi connectivity index (χ3v) is 4.93. The van der Waals surface area contributed by atoms with Crippen molar-refractivity contribution in [3.05, 3.63) is 46.2 Å². The summed E-state index contributed by atoms with van der Waals surface area (Å²) in [6.45, 7) is 0.313. The predicted octanol–water partition coefficient (Wildman–Crippen LogP) is 3.53. The standard InChI is InChI=1S/C17H18F2N2O2S/c1-11-10-12-4-2-3-5-13(12)21(11)8-7-20-16(22)15-14(6-9-24-15)23-17(18)19/h2-6,9,11,17H,7-8,10H2,1H3,(H,20,22)/t11-/m0/s1. The Bertz CT molecular complexity index is 720. The molecule has 0 fully saturated rings. The number of nitrogens with zero attached hydrogens (tertiary/aromatic N) is 1. The Balaban J connectivity index is 1.57. The van der Waals surface area contributed by atoms with E-state index < -0.39 is 6.61 Å². The molecule has 4 nitrogen and oxygen atoms in total. The lowest BCUT2D eigenvalue weighted by Crippen LogP contribution is -2.37. The summed E-state index contributed by atoms with van der Waals surface area (Å²) in [6, 6.07) is 9.97. The second-order valence-electron chi connectivity index (χ2n) is 5.62. The summed E-state index contributed by atoms with van der Waals surface area (Å²) >= 11 is 1.09. The molecule has 0 unspecified atom stereocenters. The van der Waals surface area contributed by atoms with Crippen LogP contribution in [0.1, 0.15) is 22.2 Å². The van der Waals surface area contributed by atoms with E-state index in [1.54, 1.807) is 5.38 Å². The van der Waals surface area contributed by atoms with Gasteiger partial charge in [0.1, 0.15) is 10.6 Å². The molecule has 0 radical (unpaired) electrons. The SMILES string of the molecule is C[C@H]1Cc2ccccc2N1CCNC(=O)c1sccc1OC(F)F. The minimum Gasteiger partial charge on any atom is -0.433 e. The lowest BCUT2D eigenvalue weighted by atomic mass is 10.1. The van der Waals surface area contributed by atoms with Crippen molar-refractivity contribution < 1.29 is 18.3 Å². The van der Waals surface area contributed by atoms with Crippen molar-refractivity contribution >= 4 is 22.9 Å². The molecule has 0 saturated carbocycles. The highest BCUT2D eigenvalue weighted by atomic mass is 32.1. The van der Waals surface area contributed by atoms with E-state index in [2.05, 4.69) is 34.0 Å². The van der Waals surface area contributed by atoms with Gasteiger partial charge in [0.2, 0.25) is 0 Å². The number of amides is 1. The monoisotopic (exact) mass is 352 g/mol. The molecule has 128 valence electrons. The minimum atomic E-state index is -2.94. The van der Waals surface area contributed by atoms with Crippen molar-refractivity contribution in [2.75, 3.05) is 18.0 Å². The van der Waals surface area contributed by atoms with Gasteiger partial charge in [0.15, 0.2) is 0 Å². The number of carbonyl (C=O) groups excluding carboxylic acids is 1. The van der Waals surface area contributed by atoms with Gasteiger partial charge in [-0.15, -0.1) is 11.3 Å². The Hall–Kier alpha value is -2.15. The first kappa shape index (κ1) is 16.7. The third-order valence-electron chi connectivity index (χ3n) is 4.04. The van der Waals surface area contributed by atoms with Gasteiger partial charge in [-0.3, -0.25) is 4.79 Å². The van der Waals surface area contributed by atoms with Crippen molar-refractivity contribution in [2.24, 2.45) is 0 Å². The summed E-state index contributed by atoms with van der Waals surface area (Å²) in [5.74, 6) is -0.465. The van der Waals surface area contributed by atoms with E-state index in [-0.39, 0.29) is 16.5 Å². The number of ether oxygens (including phenoxy) is 1. The fourth-order valence-corrected chi connectivity index (χ4v) is 3.73. The Labute approximate surface area is 143 Å². The molecule has 0 aliphatic carbocycles. The fraction of sp³-hybridized carbons (Fsp3) is 0.353. The number of para-hydroxylation sites is 1. The number of halogens is 2. The highest BCUT2D eigenvalue weighted by Crippen LogP contribution is 2.31. The second-order valence-corrected chi connectivity index (χ2v) is 6.54. The Morgan fingerprint density at radius 3 is 3.00 bits per heavy atom. The number of fused-ring (bicyclic) bond motifs is 1. The van der Waals surface area contributed by atoms with Gasteiger partial charge in [0, 0.05) is 24.8 Å². The summed E-state index contributed by atoms with van der Waals surface area (Å²) in [5.41, 5.74) is 2.50. The summed E-state index contributed by atoms with van der Waals surface area (Å²) in [4.78, 5) is 14.6. The Kier molecular flexibility index (Phi) is 4.99. The first-order valence-electron chi connectivity index (χ1n) is 7.71. The molecule has 0 bridgehead atoms. The van der Waals surface area contributed by atoms with Crippen LogP contribution >= 0.6 is 11.3 Å². The van der Waals surface area contributed by atoms with Crippen LogP contribution in [0.3, 0.4) is 0 Å². The molecular formula is C17H18F2N2O2S. The van der Waals surface area contributed by atoms with Crippen molar-refractivity contribution in [3.8, 4) is 5.75 Å². The molecule has 1 aromatic carbocycles.